The van der Waals surface area contributed by atoms with Crippen LogP contribution in [0.15, 0.2) is 58.3 Å². The summed E-state index contributed by atoms with van der Waals surface area (Å²) < 4.78 is 4.81. The van der Waals surface area contributed by atoms with E-state index >= 15 is 0 Å². The lowest BCUT2D eigenvalue weighted by Gasteiger charge is -2.04. The number of carbonyl (C=O) groups is 2. The molecule has 0 aromatic heterocycles. The highest BCUT2D eigenvalue weighted by molar-refractivity contribution is 7.99. The molecule has 0 aliphatic carbocycles. The van der Waals surface area contributed by atoms with Crippen LogP contribution in [-0.2, 0) is 0 Å². The van der Waals surface area contributed by atoms with E-state index in [2.05, 4.69) is 0 Å². The Kier molecular flexibility index (Phi) is 4.20. The van der Waals surface area contributed by atoms with Gasteiger partial charge in [0.15, 0.2) is 0 Å². The summed E-state index contributed by atoms with van der Waals surface area (Å²) in [5.74, 6) is 0.405. The van der Waals surface area contributed by atoms with E-state index in [1.165, 1.54) is 11.8 Å². The van der Waals surface area contributed by atoms with E-state index in [0.717, 1.165) is 16.1 Å². The van der Waals surface area contributed by atoms with Gasteiger partial charge in [-0.05, 0) is 30.3 Å². The first kappa shape index (κ1) is 13.2. The Morgan fingerprint density at radius 1 is 1.11 bits per heavy atom. The molecule has 19 heavy (non-hydrogen) atoms. The Hall–Kier alpha value is -2.27. The standard InChI is InChI=1S/C14H11NO3S/c15-14(17)18-11-2-1-3-13(8-11)19-12-6-4-10(9-16)5-7-12/h1-9H,(H2,15,17). The average molecular weight is 273 g/mol. The van der Waals surface area contributed by atoms with Crippen molar-refractivity contribution < 1.29 is 14.3 Å². The minimum atomic E-state index is -0.836. The van der Waals surface area contributed by atoms with Crippen molar-refractivity contribution in [1.29, 1.82) is 0 Å². The Bertz CT molecular complexity index is 596. The zero-order valence-corrected chi connectivity index (χ0v) is 10.7. The van der Waals surface area contributed by atoms with E-state index in [1.54, 1.807) is 30.3 Å². The normalized spacial score (nSPS) is 9.89. The van der Waals surface area contributed by atoms with Crippen molar-refractivity contribution >= 4 is 24.1 Å². The molecule has 2 aromatic rings. The number of aldehydes is 1. The van der Waals surface area contributed by atoms with Crippen LogP contribution in [0.1, 0.15) is 10.4 Å². The van der Waals surface area contributed by atoms with E-state index in [9.17, 15) is 9.59 Å². The molecule has 2 aromatic carbocycles. The minimum Gasteiger partial charge on any atom is -0.410 e. The largest absolute Gasteiger partial charge is 0.410 e. The number of benzene rings is 2. The molecule has 2 N–H and O–H groups in total. The lowest BCUT2D eigenvalue weighted by Crippen LogP contribution is -2.16. The maximum Gasteiger partial charge on any atom is 0.409 e. The molecule has 4 nitrogen and oxygen atoms in total. The fourth-order valence-electron chi connectivity index (χ4n) is 1.47. The molecule has 0 atom stereocenters. The van der Waals surface area contributed by atoms with Gasteiger partial charge < -0.3 is 10.5 Å². The maximum absolute atomic E-state index is 10.7. The highest BCUT2D eigenvalue weighted by atomic mass is 32.2. The molecule has 0 unspecified atom stereocenters. The summed E-state index contributed by atoms with van der Waals surface area (Å²) in [6.07, 6.45) is -0.0343. The van der Waals surface area contributed by atoms with Crippen LogP contribution in [0.2, 0.25) is 0 Å². The number of primary amides is 1. The van der Waals surface area contributed by atoms with Gasteiger partial charge >= 0.3 is 6.09 Å². The van der Waals surface area contributed by atoms with Gasteiger partial charge in [0.05, 0.1) is 0 Å². The summed E-state index contributed by atoms with van der Waals surface area (Å²) in [5, 5.41) is 0. The molecular weight excluding hydrogens is 262 g/mol. The van der Waals surface area contributed by atoms with Crippen molar-refractivity contribution in [3.05, 3.63) is 54.1 Å². The number of rotatable bonds is 4. The molecule has 0 spiro atoms. The summed E-state index contributed by atoms with van der Waals surface area (Å²) in [7, 11) is 0. The number of hydrogen-bond acceptors (Lipinski definition) is 4. The first-order chi connectivity index (χ1) is 9.17. The first-order valence-electron chi connectivity index (χ1n) is 5.48. The second-order valence-corrected chi connectivity index (χ2v) is 4.83. The zero-order chi connectivity index (χ0) is 13.7. The third-order valence-electron chi connectivity index (χ3n) is 2.28. The Balaban J connectivity index is 2.13. The van der Waals surface area contributed by atoms with Gasteiger partial charge in [0.1, 0.15) is 12.0 Å². The van der Waals surface area contributed by atoms with Crippen molar-refractivity contribution in [2.45, 2.75) is 9.79 Å². The van der Waals surface area contributed by atoms with Gasteiger partial charge in [0.2, 0.25) is 0 Å². The average Bonchev–Trinajstić information content (AvgIpc) is 2.39. The van der Waals surface area contributed by atoms with Crippen LogP contribution < -0.4 is 10.5 Å². The molecule has 0 saturated carbocycles. The van der Waals surface area contributed by atoms with E-state index < -0.39 is 6.09 Å². The minimum absolute atomic E-state index is 0.405. The second-order valence-electron chi connectivity index (χ2n) is 3.68. The summed E-state index contributed by atoms with van der Waals surface area (Å²) in [6, 6.07) is 14.3. The predicted molar refractivity (Wildman–Crippen MR) is 72.6 cm³/mol. The van der Waals surface area contributed by atoms with Crippen LogP contribution in [-0.4, -0.2) is 12.4 Å². The van der Waals surface area contributed by atoms with Crippen LogP contribution >= 0.6 is 11.8 Å². The van der Waals surface area contributed by atoms with Crippen molar-refractivity contribution in [3.8, 4) is 5.75 Å². The molecule has 5 heteroatoms. The van der Waals surface area contributed by atoms with Gasteiger partial charge in [-0.15, -0.1) is 0 Å². The fraction of sp³-hybridized carbons (Fsp3) is 0. The van der Waals surface area contributed by atoms with Crippen LogP contribution in [0.5, 0.6) is 5.75 Å². The number of amides is 1. The summed E-state index contributed by atoms with van der Waals surface area (Å²) in [4.78, 5) is 23.1. The van der Waals surface area contributed by atoms with Crippen molar-refractivity contribution in [3.63, 3.8) is 0 Å². The van der Waals surface area contributed by atoms with E-state index in [0.29, 0.717) is 11.3 Å². The van der Waals surface area contributed by atoms with E-state index in [4.69, 9.17) is 10.5 Å². The monoisotopic (exact) mass is 273 g/mol. The summed E-state index contributed by atoms with van der Waals surface area (Å²) in [6.45, 7) is 0. The van der Waals surface area contributed by atoms with Gasteiger partial charge in [-0.3, -0.25) is 4.79 Å². The zero-order valence-electron chi connectivity index (χ0n) is 9.91. The molecule has 0 aliphatic rings. The van der Waals surface area contributed by atoms with Gasteiger partial charge in [-0.25, -0.2) is 4.79 Å². The van der Waals surface area contributed by atoms with Crippen molar-refractivity contribution in [2.24, 2.45) is 5.73 Å². The molecule has 0 bridgehead atoms. The van der Waals surface area contributed by atoms with Crippen molar-refractivity contribution in [2.75, 3.05) is 0 Å². The van der Waals surface area contributed by atoms with Crippen LogP contribution in [0.3, 0.4) is 0 Å². The Morgan fingerprint density at radius 3 is 2.47 bits per heavy atom. The quantitative estimate of drug-likeness (QED) is 0.869. The molecule has 0 heterocycles. The summed E-state index contributed by atoms with van der Waals surface area (Å²) in [5.41, 5.74) is 5.59. The van der Waals surface area contributed by atoms with Crippen LogP contribution in [0.4, 0.5) is 4.79 Å². The highest BCUT2D eigenvalue weighted by Gasteiger charge is 2.02. The van der Waals surface area contributed by atoms with Crippen LogP contribution in [0, 0.1) is 0 Å². The third kappa shape index (κ3) is 3.86. The molecule has 0 fully saturated rings. The highest BCUT2D eigenvalue weighted by Crippen LogP contribution is 2.30. The first-order valence-corrected chi connectivity index (χ1v) is 6.29. The Labute approximate surface area is 114 Å². The smallest absolute Gasteiger partial charge is 0.409 e. The number of nitrogens with two attached hydrogens (primary N) is 1. The molecule has 0 radical (unpaired) electrons. The van der Waals surface area contributed by atoms with Gasteiger partial charge in [0, 0.05) is 15.4 Å². The second kappa shape index (κ2) is 6.06. The van der Waals surface area contributed by atoms with Gasteiger partial charge in [0.25, 0.3) is 0 Å². The molecule has 0 saturated heterocycles. The molecule has 1 amide bonds. The fourth-order valence-corrected chi connectivity index (χ4v) is 2.33. The number of carbonyl (C=O) groups excluding carboxylic acids is 2. The van der Waals surface area contributed by atoms with Gasteiger partial charge in [-0.2, -0.15) is 0 Å². The van der Waals surface area contributed by atoms with E-state index in [1.807, 2.05) is 18.2 Å². The third-order valence-corrected chi connectivity index (χ3v) is 3.27. The van der Waals surface area contributed by atoms with Gasteiger partial charge in [-0.1, -0.05) is 30.0 Å². The number of hydrogen-bond donors (Lipinski definition) is 1. The predicted octanol–water partition coefficient (Wildman–Crippen LogP) is 3.11. The lowest BCUT2D eigenvalue weighted by molar-refractivity contribution is 0.112. The molecule has 0 aliphatic heterocycles. The number of ether oxygens (including phenoxy) is 1. The molecular formula is C14H11NO3S. The van der Waals surface area contributed by atoms with E-state index in [-0.39, 0.29) is 0 Å². The topological polar surface area (TPSA) is 69.4 Å². The lowest BCUT2D eigenvalue weighted by atomic mass is 10.2. The summed E-state index contributed by atoms with van der Waals surface area (Å²) >= 11 is 1.50. The SMILES string of the molecule is NC(=O)Oc1cccc(Sc2ccc(C=O)cc2)c1. The molecule has 2 rings (SSSR count). The molecule has 96 valence electrons. The maximum atomic E-state index is 10.7. The Morgan fingerprint density at radius 2 is 1.84 bits per heavy atom. The van der Waals surface area contributed by atoms with Crippen molar-refractivity contribution in [1.82, 2.24) is 0 Å². The van der Waals surface area contributed by atoms with Crippen LogP contribution in [0.25, 0.3) is 0 Å².